The van der Waals surface area contributed by atoms with Crippen LogP contribution in [0.2, 0.25) is 0 Å². The predicted molar refractivity (Wildman–Crippen MR) is 70.1 cm³/mol. The minimum atomic E-state index is -4.81. The lowest BCUT2D eigenvalue weighted by atomic mass is 10.0. The van der Waals surface area contributed by atoms with Gasteiger partial charge in [-0.1, -0.05) is 12.1 Å². The summed E-state index contributed by atoms with van der Waals surface area (Å²) < 4.78 is 40.2. The zero-order chi connectivity index (χ0) is 16.8. The summed E-state index contributed by atoms with van der Waals surface area (Å²) in [6.45, 7) is -0.312. The number of carbonyl (C=O) groups is 2. The van der Waals surface area contributed by atoms with Crippen LogP contribution in [0.3, 0.4) is 0 Å². The Morgan fingerprint density at radius 3 is 2.59 bits per heavy atom. The summed E-state index contributed by atoms with van der Waals surface area (Å²) in [7, 11) is 0. The number of aliphatic carboxylic acids is 1. The molecule has 1 amide bonds. The molecule has 22 heavy (non-hydrogen) atoms. The number of hydrogen-bond donors (Lipinski definition) is 3. The molecule has 0 aliphatic carbocycles. The molecule has 0 spiro atoms. The zero-order valence-corrected chi connectivity index (χ0v) is 11.4. The summed E-state index contributed by atoms with van der Waals surface area (Å²) in [6, 6.07) is 4.33. The van der Waals surface area contributed by atoms with Gasteiger partial charge in [-0.05, 0) is 24.1 Å². The SMILES string of the molecule is NCC(=O)NC(CC(=O)O)Cc1cccc(OC(F)(F)F)c1. The molecule has 0 saturated heterocycles. The number of hydrogen-bond acceptors (Lipinski definition) is 4. The average molecular weight is 320 g/mol. The van der Waals surface area contributed by atoms with E-state index in [1.54, 1.807) is 0 Å². The second-order valence-corrected chi connectivity index (χ2v) is 4.47. The molecule has 1 aromatic rings. The highest BCUT2D eigenvalue weighted by Crippen LogP contribution is 2.23. The fourth-order valence-corrected chi connectivity index (χ4v) is 1.83. The highest BCUT2D eigenvalue weighted by molar-refractivity contribution is 5.79. The van der Waals surface area contributed by atoms with Gasteiger partial charge >= 0.3 is 12.3 Å². The van der Waals surface area contributed by atoms with Crippen molar-refractivity contribution in [3.63, 3.8) is 0 Å². The highest BCUT2D eigenvalue weighted by Gasteiger charge is 2.31. The molecule has 6 nitrogen and oxygen atoms in total. The van der Waals surface area contributed by atoms with E-state index < -0.39 is 30.0 Å². The molecule has 1 aromatic carbocycles. The number of benzene rings is 1. The van der Waals surface area contributed by atoms with Crippen molar-refractivity contribution < 1.29 is 32.6 Å². The van der Waals surface area contributed by atoms with Crippen molar-refractivity contribution in [2.75, 3.05) is 6.54 Å². The Labute approximate surface area is 124 Å². The first kappa shape index (κ1) is 17.8. The summed E-state index contributed by atoms with van der Waals surface area (Å²) >= 11 is 0. The number of nitrogens with one attached hydrogen (secondary N) is 1. The lowest BCUT2D eigenvalue weighted by Gasteiger charge is -2.17. The monoisotopic (exact) mass is 320 g/mol. The van der Waals surface area contributed by atoms with E-state index in [2.05, 4.69) is 10.1 Å². The van der Waals surface area contributed by atoms with Gasteiger partial charge in [0, 0.05) is 6.04 Å². The van der Waals surface area contributed by atoms with Crippen LogP contribution in [0.1, 0.15) is 12.0 Å². The normalized spacial score (nSPS) is 12.5. The first-order chi connectivity index (χ1) is 10.2. The average Bonchev–Trinajstić information content (AvgIpc) is 2.35. The maximum absolute atomic E-state index is 12.2. The molecule has 1 atom stereocenters. The molecule has 1 rings (SSSR count). The summed E-state index contributed by atoms with van der Waals surface area (Å²) in [4.78, 5) is 22.0. The molecule has 0 aliphatic heterocycles. The molecule has 9 heteroatoms. The lowest BCUT2D eigenvalue weighted by Crippen LogP contribution is -2.41. The van der Waals surface area contributed by atoms with Crippen molar-refractivity contribution in [1.29, 1.82) is 0 Å². The lowest BCUT2D eigenvalue weighted by molar-refractivity contribution is -0.274. The predicted octanol–water partition coefficient (Wildman–Crippen LogP) is 1.05. The van der Waals surface area contributed by atoms with Crippen molar-refractivity contribution in [2.45, 2.75) is 25.2 Å². The van der Waals surface area contributed by atoms with Crippen LogP contribution < -0.4 is 15.8 Å². The van der Waals surface area contributed by atoms with E-state index in [9.17, 15) is 22.8 Å². The van der Waals surface area contributed by atoms with Crippen molar-refractivity contribution in [3.05, 3.63) is 29.8 Å². The van der Waals surface area contributed by atoms with Crippen LogP contribution in [0.5, 0.6) is 5.75 Å². The number of amides is 1. The number of rotatable bonds is 7. The number of carboxylic acids is 1. The molecule has 0 radical (unpaired) electrons. The quantitative estimate of drug-likeness (QED) is 0.697. The highest BCUT2D eigenvalue weighted by atomic mass is 19.4. The molecule has 4 N–H and O–H groups in total. The third-order valence-corrected chi connectivity index (χ3v) is 2.59. The molecule has 0 fully saturated rings. The fourth-order valence-electron chi connectivity index (χ4n) is 1.83. The largest absolute Gasteiger partial charge is 0.573 e. The Balaban J connectivity index is 2.81. The van der Waals surface area contributed by atoms with Crippen LogP contribution in [0.4, 0.5) is 13.2 Å². The van der Waals surface area contributed by atoms with E-state index in [1.807, 2.05) is 0 Å². The van der Waals surface area contributed by atoms with Crippen molar-refractivity contribution in [2.24, 2.45) is 5.73 Å². The van der Waals surface area contributed by atoms with Gasteiger partial charge in [-0.25, -0.2) is 0 Å². The molecule has 122 valence electrons. The van der Waals surface area contributed by atoms with Gasteiger partial charge < -0.3 is 20.9 Å². The molecule has 0 aliphatic rings. The van der Waals surface area contributed by atoms with Gasteiger partial charge in [0.2, 0.25) is 5.91 Å². The van der Waals surface area contributed by atoms with E-state index in [-0.39, 0.29) is 19.4 Å². The van der Waals surface area contributed by atoms with E-state index in [1.165, 1.54) is 12.1 Å². The van der Waals surface area contributed by atoms with Crippen LogP contribution in [-0.4, -0.2) is 35.9 Å². The molecule has 0 heterocycles. The Morgan fingerprint density at radius 1 is 1.36 bits per heavy atom. The molecule has 0 saturated carbocycles. The van der Waals surface area contributed by atoms with Crippen LogP contribution in [-0.2, 0) is 16.0 Å². The third-order valence-electron chi connectivity index (χ3n) is 2.59. The van der Waals surface area contributed by atoms with Gasteiger partial charge in [0.15, 0.2) is 0 Å². The second-order valence-electron chi connectivity index (χ2n) is 4.47. The van der Waals surface area contributed by atoms with Crippen molar-refractivity contribution >= 4 is 11.9 Å². The Hall–Kier alpha value is -2.29. The standard InChI is InChI=1S/C13H15F3N2O4/c14-13(15,16)22-10-3-1-2-8(5-10)4-9(6-12(20)21)18-11(19)7-17/h1-3,5,9H,4,6-7,17H2,(H,18,19)(H,20,21). The van der Waals surface area contributed by atoms with Crippen molar-refractivity contribution in [1.82, 2.24) is 5.32 Å². The van der Waals surface area contributed by atoms with Gasteiger partial charge in [0.05, 0.1) is 13.0 Å². The number of nitrogens with two attached hydrogens (primary N) is 1. The van der Waals surface area contributed by atoms with Crippen molar-refractivity contribution in [3.8, 4) is 5.75 Å². The molecular weight excluding hydrogens is 305 g/mol. The summed E-state index contributed by atoms with van der Waals surface area (Å²) in [6.07, 6.45) is -5.16. The first-order valence-electron chi connectivity index (χ1n) is 6.25. The van der Waals surface area contributed by atoms with Gasteiger partial charge in [0.1, 0.15) is 5.75 Å². The van der Waals surface area contributed by atoms with Gasteiger partial charge in [-0.15, -0.1) is 13.2 Å². The Kier molecular flexibility index (Phi) is 6.17. The number of carboxylic acid groups (broad SMARTS) is 1. The Morgan fingerprint density at radius 2 is 2.05 bits per heavy atom. The summed E-state index contributed by atoms with van der Waals surface area (Å²) in [5, 5.41) is 11.2. The first-order valence-corrected chi connectivity index (χ1v) is 6.25. The smallest absolute Gasteiger partial charge is 0.481 e. The maximum atomic E-state index is 12.2. The maximum Gasteiger partial charge on any atom is 0.573 e. The van der Waals surface area contributed by atoms with E-state index in [0.29, 0.717) is 5.56 Å². The minimum absolute atomic E-state index is 0.0348. The molecule has 1 unspecified atom stereocenters. The molecular formula is C13H15F3N2O4. The third kappa shape index (κ3) is 6.93. The van der Waals surface area contributed by atoms with Crippen LogP contribution in [0.25, 0.3) is 0 Å². The topological polar surface area (TPSA) is 102 Å². The number of halogens is 3. The van der Waals surface area contributed by atoms with Gasteiger partial charge in [-0.3, -0.25) is 9.59 Å². The summed E-state index contributed by atoms with van der Waals surface area (Å²) in [5.41, 5.74) is 5.53. The number of carbonyl (C=O) groups excluding carboxylic acids is 1. The fraction of sp³-hybridized carbons (Fsp3) is 0.385. The number of ether oxygens (including phenoxy) is 1. The molecule has 0 aromatic heterocycles. The zero-order valence-electron chi connectivity index (χ0n) is 11.4. The molecule has 0 bridgehead atoms. The van der Waals surface area contributed by atoms with Crippen LogP contribution in [0, 0.1) is 0 Å². The second kappa shape index (κ2) is 7.64. The van der Waals surface area contributed by atoms with Gasteiger partial charge in [0.25, 0.3) is 0 Å². The number of alkyl halides is 3. The van der Waals surface area contributed by atoms with E-state index in [4.69, 9.17) is 10.8 Å². The Bertz CT molecular complexity index is 534. The minimum Gasteiger partial charge on any atom is -0.481 e. The van der Waals surface area contributed by atoms with Crippen LogP contribution in [0.15, 0.2) is 24.3 Å². The van der Waals surface area contributed by atoms with E-state index in [0.717, 1.165) is 12.1 Å². The van der Waals surface area contributed by atoms with Gasteiger partial charge in [-0.2, -0.15) is 0 Å². The summed E-state index contributed by atoms with van der Waals surface area (Å²) in [5.74, 6) is -2.11. The van der Waals surface area contributed by atoms with E-state index >= 15 is 0 Å². The van der Waals surface area contributed by atoms with Crippen LogP contribution >= 0.6 is 0 Å².